The molecule has 2 aromatic carbocycles. The van der Waals surface area contributed by atoms with Crippen molar-refractivity contribution in [3.63, 3.8) is 0 Å². The van der Waals surface area contributed by atoms with Crippen molar-refractivity contribution in [2.24, 2.45) is 9.98 Å². The van der Waals surface area contributed by atoms with E-state index < -0.39 is 0 Å². The Hall–Kier alpha value is -1.98. The summed E-state index contributed by atoms with van der Waals surface area (Å²) in [4.78, 5) is 13.6. The summed E-state index contributed by atoms with van der Waals surface area (Å²) >= 11 is 0.194. The molecule has 0 spiro atoms. The molecule has 0 aliphatic heterocycles. The van der Waals surface area contributed by atoms with Gasteiger partial charge in [0, 0.05) is 0 Å². The summed E-state index contributed by atoms with van der Waals surface area (Å²) in [6.07, 6.45) is 3.39. The summed E-state index contributed by atoms with van der Waals surface area (Å²) in [6, 6.07) is 8.51. The van der Waals surface area contributed by atoms with E-state index >= 15 is 0 Å². The van der Waals surface area contributed by atoms with Gasteiger partial charge in [-0.25, -0.2) is 4.98 Å². The van der Waals surface area contributed by atoms with Gasteiger partial charge < -0.3 is 0 Å². The molecule has 5 nitrogen and oxygen atoms in total. The average Bonchev–Trinajstić information content (AvgIpc) is 3.08. The quantitative estimate of drug-likeness (QED) is 0.337. The van der Waals surface area contributed by atoms with Crippen LogP contribution in [-0.4, -0.2) is 27.6 Å². The second-order valence-electron chi connectivity index (χ2n) is 7.14. The molecule has 0 bridgehead atoms. The molecule has 1 N–H and O–H groups in total. The zero-order chi connectivity index (χ0) is 22.3. The van der Waals surface area contributed by atoms with Crippen LogP contribution in [0, 0.1) is 41.5 Å². The van der Waals surface area contributed by atoms with Gasteiger partial charge in [0.25, 0.3) is 0 Å². The fraction of sp³-hybridized carbons (Fsp3) is 0.273. The van der Waals surface area contributed by atoms with Crippen LogP contribution in [0.2, 0.25) is 0 Å². The van der Waals surface area contributed by atoms with Gasteiger partial charge in [-0.1, -0.05) is 35.4 Å². The maximum absolute atomic E-state index is 4.76. The van der Waals surface area contributed by atoms with Gasteiger partial charge in [0.2, 0.25) is 0 Å². The van der Waals surface area contributed by atoms with Crippen LogP contribution < -0.4 is 0 Å². The summed E-state index contributed by atoms with van der Waals surface area (Å²) < 4.78 is 0. The van der Waals surface area contributed by atoms with Crippen LogP contribution in [0.4, 0.5) is 11.4 Å². The van der Waals surface area contributed by atoms with Gasteiger partial charge in [-0.15, -0.1) is 0 Å². The average molecular weight is 486 g/mol. The second-order valence-corrected chi connectivity index (χ2v) is 8.96. The first kappa shape index (κ1) is 24.3. The van der Waals surface area contributed by atoms with Crippen LogP contribution in [0.1, 0.15) is 45.0 Å². The number of halogens is 2. The third-order valence-electron chi connectivity index (χ3n) is 4.42. The third-order valence-corrected chi connectivity index (χ3v) is 4.42. The Balaban J connectivity index is 0.00000101. The van der Waals surface area contributed by atoms with Crippen LogP contribution in [0.15, 0.2) is 34.3 Å². The molecule has 0 aliphatic carbocycles. The maximum atomic E-state index is 4.76. The van der Waals surface area contributed by atoms with Crippen molar-refractivity contribution in [3.8, 4) is 0 Å². The normalized spacial score (nSPS) is 11.3. The van der Waals surface area contributed by atoms with Gasteiger partial charge in [-0.05, 0) is 63.8 Å². The monoisotopic (exact) mass is 485 g/mol. The number of nitrogens with one attached hydrogen (secondary N) is 1. The van der Waals surface area contributed by atoms with Crippen LogP contribution in [0.25, 0.3) is 0 Å². The zero-order valence-corrected chi connectivity index (χ0v) is 20.5. The van der Waals surface area contributed by atoms with Gasteiger partial charge in [-0.2, -0.15) is 5.10 Å². The van der Waals surface area contributed by atoms with Gasteiger partial charge in [0.05, 0.1) is 23.8 Å². The molecule has 0 amide bonds. The summed E-state index contributed by atoms with van der Waals surface area (Å²) in [6.45, 7) is 12.4. The third kappa shape index (κ3) is 6.78. The molecular weight excluding hydrogens is 461 g/mol. The predicted molar refractivity (Wildman–Crippen MR) is 124 cm³/mol. The molecule has 8 heteroatoms. The molecule has 3 rings (SSSR count). The standard InChI is InChI=1S/C22H25N5.2ClH.Fe/c1-13-7-15(3)21(16(4)8-13)23-11-19-25-20(27-26-19)12-24-22-17(5)9-14(2)10-18(22)6;;;/h7-12H,1-6H3,(H,25,26,27);2*1H;/q;;;+2/p-2. The van der Waals surface area contributed by atoms with Crippen LogP contribution in [-0.2, 0) is 13.1 Å². The molecule has 1 aromatic heterocycles. The Morgan fingerprint density at radius 1 is 0.767 bits per heavy atom. The summed E-state index contributed by atoms with van der Waals surface area (Å²) in [5, 5.41) is 7.10. The summed E-state index contributed by atoms with van der Waals surface area (Å²) in [5.41, 5.74) is 9.00. The fourth-order valence-corrected chi connectivity index (χ4v) is 3.40. The molecule has 0 saturated carbocycles. The number of benzene rings is 2. The first-order chi connectivity index (χ1) is 14.2. The fourth-order valence-electron chi connectivity index (χ4n) is 3.40. The van der Waals surface area contributed by atoms with Crippen molar-refractivity contribution in [1.82, 2.24) is 15.2 Å². The zero-order valence-electron chi connectivity index (χ0n) is 17.9. The molecule has 0 aliphatic rings. The number of hydrogen-bond donors (Lipinski definition) is 1. The first-order valence-corrected chi connectivity index (χ1v) is 12.3. The second kappa shape index (κ2) is 11.4. The molecule has 160 valence electrons. The van der Waals surface area contributed by atoms with Crippen LogP contribution in [0.5, 0.6) is 0 Å². The molecule has 0 radical (unpaired) electrons. The number of H-pyrrole nitrogens is 1. The van der Waals surface area contributed by atoms with Crippen molar-refractivity contribution >= 4 is 44.0 Å². The molecule has 0 fully saturated rings. The van der Waals surface area contributed by atoms with E-state index in [-0.39, 0.29) is 13.1 Å². The Labute approximate surface area is 192 Å². The number of hydrogen-bond acceptors (Lipinski definition) is 4. The minimum absolute atomic E-state index is 0.194. The van der Waals surface area contributed by atoms with Crippen molar-refractivity contribution in [1.29, 1.82) is 0 Å². The molecular formula is C22H25Cl2FeN5. The number of aryl methyl sites for hydroxylation is 6. The van der Waals surface area contributed by atoms with E-state index in [1.165, 1.54) is 11.1 Å². The summed E-state index contributed by atoms with van der Waals surface area (Å²) in [5.74, 6) is 1.14. The number of aliphatic imine (C=N–C) groups is 2. The van der Waals surface area contributed by atoms with Gasteiger partial charge in [-0.3, -0.25) is 15.1 Å². The topological polar surface area (TPSA) is 66.3 Å². The Kier molecular flexibility index (Phi) is 9.25. The van der Waals surface area contributed by atoms with Crippen molar-refractivity contribution < 1.29 is 13.1 Å². The van der Waals surface area contributed by atoms with E-state index in [2.05, 4.69) is 91.0 Å². The summed E-state index contributed by atoms with van der Waals surface area (Å²) in [7, 11) is 9.53. The minimum atomic E-state index is 0.194. The molecule has 0 unspecified atom stereocenters. The van der Waals surface area contributed by atoms with E-state index in [9.17, 15) is 0 Å². The Bertz CT molecular complexity index is 945. The SMILES string of the molecule is Cc1cc(C)c(N=Cc2n[nH]c(C=Nc3c(C)cc(C)cc3C)n2)c(C)c1.[Cl][Fe][Cl]. The van der Waals surface area contributed by atoms with Crippen molar-refractivity contribution in [3.05, 3.63) is 69.3 Å². The number of rotatable bonds is 4. The van der Waals surface area contributed by atoms with E-state index in [0.29, 0.717) is 11.6 Å². The van der Waals surface area contributed by atoms with E-state index in [0.717, 1.165) is 33.6 Å². The number of aromatic amines is 1. The van der Waals surface area contributed by atoms with Crippen LogP contribution >= 0.6 is 20.2 Å². The molecule has 0 atom stereocenters. The number of aromatic nitrogens is 3. The van der Waals surface area contributed by atoms with E-state index in [4.69, 9.17) is 20.2 Å². The van der Waals surface area contributed by atoms with Crippen molar-refractivity contribution in [2.75, 3.05) is 0 Å². The Morgan fingerprint density at radius 3 is 1.60 bits per heavy atom. The Morgan fingerprint density at radius 2 is 1.17 bits per heavy atom. The van der Waals surface area contributed by atoms with Gasteiger partial charge >= 0.3 is 33.3 Å². The van der Waals surface area contributed by atoms with E-state index in [1.54, 1.807) is 12.4 Å². The number of nitrogens with zero attached hydrogens (tertiary/aromatic N) is 4. The molecule has 30 heavy (non-hydrogen) atoms. The molecule has 0 saturated heterocycles. The molecule has 3 aromatic rings. The van der Waals surface area contributed by atoms with Crippen LogP contribution in [0.3, 0.4) is 0 Å². The van der Waals surface area contributed by atoms with Gasteiger partial charge in [0.1, 0.15) is 0 Å². The van der Waals surface area contributed by atoms with Crippen molar-refractivity contribution in [2.45, 2.75) is 41.5 Å². The van der Waals surface area contributed by atoms with Gasteiger partial charge in [0.15, 0.2) is 11.6 Å². The first-order valence-electron chi connectivity index (χ1n) is 9.26. The molecule has 1 heterocycles. The predicted octanol–water partition coefficient (Wildman–Crippen LogP) is 6.53. The van der Waals surface area contributed by atoms with E-state index in [1.807, 2.05) is 0 Å².